The molecule has 145 valence electrons. The first kappa shape index (κ1) is 19.7. The Morgan fingerprint density at radius 3 is 1.68 bits per heavy atom. The highest BCUT2D eigenvalue weighted by molar-refractivity contribution is 5.58. The maximum atomic E-state index is 12.2. The lowest BCUT2D eigenvalue weighted by molar-refractivity contribution is -0.519. The van der Waals surface area contributed by atoms with E-state index in [1.165, 1.54) is 0 Å². The van der Waals surface area contributed by atoms with Crippen molar-refractivity contribution in [3.63, 3.8) is 0 Å². The van der Waals surface area contributed by atoms with Gasteiger partial charge in [0.15, 0.2) is 0 Å². The van der Waals surface area contributed by atoms with E-state index < -0.39 is 11.5 Å². The molecule has 0 fully saturated rings. The molecule has 0 spiro atoms. The number of hydrogen-bond acceptors (Lipinski definition) is 4. The van der Waals surface area contributed by atoms with Gasteiger partial charge in [0.05, 0.1) is 0 Å². The van der Waals surface area contributed by atoms with Gasteiger partial charge in [0.1, 0.15) is 16.9 Å². The molecule has 5 nitrogen and oxygen atoms in total. The molecule has 1 radical (unpaired) electrons. The van der Waals surface area contributed by atoms with E-state index in [0.29, 0.717) is 39.0 Å². The number of nitrogens with zero attached hydrogens (tertiary/aromatic N) is 1. The van der Waals surface area contributed by atoms with Crippen LogP contribution in [0.4, 0.5) is 0 Å². The lowest BCUT2D eigenvalue weighted by Gasteiger charge is -2.37. The topological polar surface area (TPSA) is 83.6 Å². The molecule has 0 heterocycles. The summed E-state index contributed by atoms with van der Waals surface area (Å²) in [6.45, 7) is 11.1. The Bertz CT molecular complexity index is 929. The van der Waals surface area contributed by atoms with E-state index in [9.17, 15) is 20.3 Å². The standard InChI is InChI=1S/C23H24NO4/c1-13-7-6-8-23(22(13)24(27)28,18-9-14(2)20(25)15(3)10-18)19-11-16(4)21(26)17(5)12-19/h6-12,22,25-26H,1H2,2-5H3. The van der Waals surface area contributed by atoms with E-state index in [2.05, 4.69) is 6.92 Å². The minimum Gasteiger partial charge on any atom is -0.507 e. The molecule has 3 rings (SSSR count). The molecule has 5 heteroatoms. The van der Waals surface area contributed by atoms with Crippen molar-refractivity contribution in [1.29, 1.82) is 0 Å². The first-order valence-electron chi connectivity index (χ1n) is 9.05. The summed E-state index contributed by atoms with van der Waals surface area (Å²) in [4.78, 5) is 11.9. The average Bonchev–Trinajstić information content (AvgIpc) is 2.62. The Balaban J connectivity index is 2.44. The molecule has 2 aromatic rings. The number of hydrogen-bond donors (Lipinski definition) is 2. The smallest absolute Gasteiger partial charge is 0.251 e. The molecule has 28 heavy (non-hydrogen) atoms. The van der Waals surface area contributed by atoms with Crippen molar-refractivity contribution in [2.24, 2.45) is 0 Å². The molecule has 0 saturated carbocycles. The van der Waals surface area contributed by atoms with Gasteiger partial charge in [0, 0.05) is 10.5 Å². The number of phenolic OH excluding ortho intramolecular Hbond substituents is 2. The summed E-state index contributed by atoms with van der Waals surface area (Å²) in [7, 11) is 0. The molecule has 1 aliphatic carbocycles. The zero-order valence-corrected chi connectivity index (χ0v) is 16.5. The fourth-order valence-electron chi connectivity index (χ4n) is 4.16. The normalized spacial score (nSPS) is 18.0. The fourth-order valence-corrected chi connectivity index (χ4v) is 4.16. The van der Waals surface area contributed by atoms with Gasteiger partial charge < -0.3 is 10.2 Å². The third kappa shape index (κ3) is 2.87. The van der Waals surface area contributed by atoms with Crippen LogP contribution in [0.15, 0.2) is 48.1 Å². The van der Waals surface area contributed by atoms with Crippen LogP contribution in [-0.4, -0.2) is 21.2 Å². The Kier molecular flexibility index (Phi) is 4.79. The maximum absolute atomic E-state index is 12.2. The summed E-state index contributed by atoms with van der Waals surface area (Å²) in [5.74, 6) is 0.361. The number of aryl methyl sites for hydroxylation is 4. The van der Waals surface area contributed by atoms with Gasteiger partial charge in [-0.15, -0.1) is 0 Å². The van der Waals surface area contributed by atoms with Crippen molar-refractivity contribution in [2.45, 2.75) is 39.2 Å². The molecule has 0 aliphatic heterocycles. The molecule has 2 N–H and O–H groups in total. The summed E-state index contributed by atoms with van der Waals surface area (Å²) in [6, 6.07) is 6.06. The van der Waals surface area contributed by atoms with Crippen LogP contribution in [0.5, 0.6) is 11.5 Å². The van der Waals surface area contributed by atoms with Crippen molar-refractivity contribution in [2.75, 3.05) is 0 Å². The van der Waals surface area contributed by atoms with Crippen molar-refractivity contribution >= 4 is 0 Å². The second kappa shape index (κ2) is 6.82. The van der Waals surface area contributed by atoms with E-state index >= 15 is 0 Å². The Morgan fingerprint density at radius 1 is 0.929 bits per heavy atom. The van der Waals surface area contributed by atoms with Crippen LogP contribution in [0, 0.1) is 44.7 Å². The van der Waals surface area contributed by atoms with E-state index in [0.717, 1.165) is 0 Å². The predicted molar refractivity (Wildman–Crippen MR) is 109 cm³/mol. The molecule has 0 aromatic heterocycles. The molecule has 0 bridgehead atoms. The zero-order chi connectivity index (χ0) is 20.8. The molecule has 1 atom stereocenters. The average molecular weight is 378 g/mol. The van der Waals surface area contributed by atoms with Gasteiger partial charge in [-0.05, 0) is 68.0 Å². The number of rotatable bonds is 3. The summed E-state index contributed by atoms with van der Waals surface area (Å²) >= 11 is 0. The predicted octanol–water partition coefficient (Wildman–Crippen LogP) is 4.59. The van der Waals surface area contributed by atoms with Crippen LogP contribution >= 0.6 is 0 Å². The molecular weight excluding hydrogens is 354 g/mol. The molecule has 0 amide bonds. The number of allylic oxidation sites excluding steroid dienone is 2. The van der Waals surface area contributed by atoms with E-state index in [4.69, 9.17) is 0 Å². The lowest BCUT2D eigenvalue weighted by atomic mass is 9.64. The van der Waals surface area contributed by atoms with Crippen LogP contribution in [0.25, 0.3) is 0 Å². The summed E-state index contributed by atoms with van der Waals surface area (Å²) in [5.41, 5.74) is 3.30. The monoisotopic (exact) mass is 378 g/mol. The minimum atomic E-state index is -1.11. The van der Waals surface area contributed by atoms with Gasteiger partial charge in [-0.2, -0.15) is 0 Å². The molecular formula is C23H24NO4. The van der Waals surface area contributed by atoms with E-state index in [1.807, 2.05) is 6.08 Å². The summed E-state index contributed by atoms with van der Waals surface area (Å²) in [6.07, 6.45) is 5.27. The highest BCUT2D eigenvalue weighted by Crippen LogP contribution is 2.46. The fraction of sp³-hybridized carbons (Fsp3) is 0.261. The van der Waals surface area contributed by atoms with Crippen LogP contribution in [-0.2, 0) is 5.41 Å². The van der Waals surface area contributed by atoms with Crippen molar-refractivity contribution < 1.29 is 15.1 Å². The van der Waals surface area contributed by atoms with Gasteiger partial charge in [-0.3, -0.25) is 10.1 Å². The van der Waals surface area contributed by atoms with Crippen molar-refractivity contribution in [1.82, 2.24) is 0 Å². The molecule has 0 saturated heterocycles. The van der Waals surface area contributed by atoms with Crippen LogP contribution < -0.4 is 0 Å². The van der Waals surface area contributed by atoms with Gasteiger partial charge >= 0.3 is 0 Å². The van der Waals surface area contributed by atoms with Crippen LogP contribution in [0.3, 0.4) is 0 Å². The van der Waals surface area contributed by atoms with Gasteiger partial charge in [0.25, 0.3) is 6.04 Å². The Hall–Kier alpha value is -3.08. The van der Waals surface area contributed by atoms with Crippen molar-refractivity contribution in [3.8, 4) is 11.5 Å². The van der Waals surface area contributed by atoms with E-state index in [1.54, 1.807) is 64.1 Å². The number of nitro groups is 1. The van der Waals surface area contributed by atoms with Gasteiger partial charge in [-0.25, -0.2) is 0 Å². The van der Waals surface area contributed by atoms with Crippen molar-refractivity contribution in [3.05, 3.63) is 98.5 Å². The number of phenols is 2. The highest BCUT2D eigenvalue weighted by atomic mass is 16.6. The Labute approximate surface area is 164 Å². The minimum absolute atomic E-state index is 0.180. The zero-order valence-electron chi connectivity index (χ0n) is 16.5. The maximum Gasteiger partial charge on any atom is 0.251 e. The third-order valence-corrected chi connectivity index (χ3v) is 5.60. The second-order valence-corrected chi connectivity index (χ2v) is 7.57. The highest BCUT2D eigenvalue weighted by Gasteiger charge is 2.50. The second-order valence-electron chi connectivity index (χ2n) is 7.57. The first-order chi connectivity index (χ1) is 13.1. The van der Waals surface area contributed by atoms with Gasteiger partial charge in [-0.1, -0.05) is 42.5 Å². The van der Waals surface area contributed by atoms with E-state index in [-0.39, 0.29) is 16.4 Å². The van der Waals surface area contributed by atoms with Gasteiger partial charge in [0.2, 0.25) is 0 Å². The van der Waals surface area contributed by atoms with Crippen LogP contribution in [0.2, 0.25) is 0 Å². The number of aromatic hydroxyl groups is 2. The summed E-state index contributed by atoms with van der Waals surface area (Å²) < 4.78 is 0. The molecule has 1 unspecified atom stereocenters. The lowest BCUT2D eigenvalue weighted by Crippen LogP contribution is -2.46. The Morgan fingerprint density at radius 2 is 1.32 bits per heavy atom. The number of benzene rings is 2. The quantitative estimate of drug-likeness (QED) is 0.604. The molecule has 1 aliphatic rings. The SMILES string of the molecule is [CH2]C1=CC=CC(c2cc(C)c(O)c(C)c2)(c2cc(C)c(O)c(C)c2)C1[N+](=O)[O-]. The largest absolute Gasteiger partial charge is 0.507 e. The third-order valence-electron chi connectivity index (χ3n) is 5.60. The molecule has 2 aromatic carbocycles. The van der Waals surface area contributed by atoms with Crippen LogP contribution in [0.1, 0.15) is 33.4 Å². The summed E-state index contributed by atoms with van der Waals surface area (Å²) in [5, 5.41) is 32.6. The first-order valence-corrected chi connectivity index (χ1v) is 9.05.